The summed E-state index contributed by atoms with van der Waals surface area (Å²) in [5.41, 5.74) is 2.67. The van der Waals surface area contributed by atoms with Gasteiger partial charge in [0.05, 0.1) is 0 Å². The molecule has 0 unspecified atom stereocenters. The molecule has 4 nitrogen and oxygen atoms in total. The Hall–Kier alpha value is -1.81. The molecule has 1 saturated heterocycles. The molecule has 0 saturated carbocycles. The Morgan fingerprint density at radius 3 is 2.54 bits per heavy atom. The number of fused-ring (bicyclic) bond motifs is 1. The zero-order chi connectivity index (χ0) is 17.2. The van der Waals surface area contributed by atoms with E-state index in [1.165, 1.54) is 16.5 Å². The van der Waals surface area contributed by atoms with Crippen LogP contribution in [0.2, 0.25) is 0 Å². The number of benzene rings is 1. The van der Waals surface area contributed by atoms with Crippen molar-refractivity contribution in [3.63, 3.8) is 0 Å². The van der Waals surface area contributed by atoms with E-state index >= 15 is 0 Å². The van der Waals surface area contributed by atoms with E-state index in [0.717, 1.165) is 39.1 Å². The molecule has 4 heteroatoms. The Morgan fingerprint density at radius 1 is 1.12 bits per heavy atom. The highest BCUT2D eigenvalue weighted by molar-refractivity contribution is 5.83. The van der Waals surface area contributed by atoms with E-state index in [9.17, 15) is 4.79 Å². The molecule has 3 rings (SSSR count). The quantitative estimate of drug-likeness (QED) is 0.936. The highest BCUT2D eigenvalue weighted by atomic mass is 16.2. The maximum Gasteiger partial charge on any atom is 0.223 e. The number of nitrogens with one attached hydrogen (secondary N) is 1. The normalized spacial score (nSPS) is 16.7. The number of piperazine rings is 1. The summed E-state index contributed by atoms with van der Waals surface area (Å²) in [5.74, 6) is 0.304. The Kier molecular flexibility index (Phi) is 4.95. The first-order valence-corrected chi connectivity index (χ1v) is 8.97. The van der Waals surface area contributed by atoms with Crippen LogP contribution in [0.15, 0.2) is 30.5 Å². The average molecular weight is 327 g/mol. The van der Waals surface area contributed by atoms with Crippen LogP contribution in [0.3, 0.4) is 0 Å². The molecule has 2 aromatic rings. The number of aromatic amines is 1. The summed E-state index contributed by atoms with van der Waals surface area (Å²) >= 11 is 0. The summed E-state index contributed by atoms with van der Waals surface area (Å²) in [7, 11) is 0. The van der Waals surface area contributed by atoms with E-state index in [2.05, 4.69) is 61.1 Å². The topological polar surface area (TPSA) is 39.3 Å². The molecule has 0 aliphatic carbocycles. The monoisotopic (exact) mass is 327 g/mol. The fourth-order valence-corrected chi connectivity index (χ4v) is 3.40. The van der Waals surface area contributed by atoms with Crippen LogP contribution in [0.1, 0.15) is 32.8 Å². The summed E-state index contributed by atoms with van der Waals surface area (Å²) in [4.78, 5) is 20.2. The van der Waals surface area contributed by atoms with Crippen molar-refractivity contribution in [2.75, 3.05) is 32.7 Å². The van der Waals surface area contributed by atoms with Gasteiger partial charge in [0.2, 0.25) is 5.91 Å². The number of aromatic nitrogens is 1. The number of H-pyrrole nitrogens is 1. The predicted molar refractivity (Wildman–Crippen MR) is 99.1 cm³/mol. The third-order valence-electron chi connectivity index (χ3n) is 4.78. The molecule has 1 aliphatic rings. The lowest BCUT2D eigenvalue weighted by molar-refractivity contribution is -0.134. The van der Waals surface area contributed by atoms with E-state index in [4.69, 9.17) is 0 Å². The van der Waals surface area contributed by atoms with Gasteiger partial charge in [0.25, 0.3) is 0 Å². The van der Waals surface area contributed by atoms with Gasteiger partial charge in [0, 0.05) is 56.2 Å². The van der Waals surface area contributed by atoms with Crippen LogP contribution in [-0.4, -0.2) is 53.4 Å². The fourth-order valence-electron chi connectivity index (χ4n) is 3.40. The molecule has 0 atom stereocenters. The Balaban J connectivity index is 1.48. The molecule has 1 aliphatic heterocycles. The standard InChI is InChI=1S/C20H29N3O/c1-20(2,3)14-19(24)23-12-10-22(11-13-23)9-8-16-15-21-18-7-5-4-6-17(16)18/h4-7,15,21H,8-14H2,1-3H3. The molecule has 24 heavy (non-hydrogen) atoms. The molecule has 0 radical (unpaired) electrons. The number of hydrogen-bond donors (Lipinski definition) is 1. The third kappa shape index (κ3) is 4.18. The Labute approximate surface area is 144 Å². The SMILES string of the molecule is CC(C)(C)CC(=O)N1CCN(CCc2c[nH]c3ccccc23)CC1. The molecular weight excluding hydrogens is 298 g/mol. The van der Waals surface area contributed by atoms with Crippen molar-refractivity contribution < 1.29 is 4.79 Å². The first-order valence-electron chi connectivity index (χ1n) is 8.97. The molecule has 1 aromatic heterocycles. The Morgan fingerprint density at radius 2 is 1.83 bits per heavy atom. The molecule has 2 heterocycles. The van der Waals surface area contributed by atoms with Gasteiger partial charge in [0.15, 0.2) is 0 Å². The number of amides is 1. The van der Waals surface area contributed by atoms with Crippen LogP contribution in [0.25, 0.3) is 10.9 Å². The molecule has 1 N–H and O–H groups in total. The van der Waals surface area contributed by atoms with Crippen molar-refractivity contribution in [3.8, 4) is 0 Å². The zero-order valence-electron chi connectivity index (χ0n) is 15.1. The fraction of sp³-hybridized carbons (Fsp3) is 0.550. The first kappa shape index (κ1) is 17.0. The van der Waals surface area contributed by atoms with Crippen LogP contribution in [0, 0.1) is 5.41 Å². The van der Waals surface area contributed by atoms with E-state index in [1.54, 1.807) is 0 Å². The van der Waals surface area contributed by atoms with Crippen LogP contribution >= 0.6 is 0 Å². The van der Waals surface area contributed by atoms with Gasteiger partial charge in [-0.1, -0.05) is 39.0 Å². The van der Waals surface area contributed by atoms with Gasteiger partial charge < -0.3 is 9.88 Å². The lowest BCUT2D eigenvalue weighted by Crippen LogP contribution is -2.49. The van der Waals surface area contributed by atoms with Crippen molar-refractivity contribution in [2.45, 2.75) is 33.6 Å². The second kappa shape index (κ2) is 6.98. The number of hydrogen-bond acceptors (Lipinski definition) is 2. The molecule has 1 amide bonds. The summed E-state index contributed by atoms with van der Waals surface area (Å²) in [6, 6.07) is 8.47. The number of carbonyl (C=O) groups excluding carboxylic acids is 1. The highest BCUT2D eigenvalue weighted by Gasteiger charge is 2.24. The predicted octanol–water partition coefficient (Wildman–Crippen LogP) is 3.29. The van der Waals surface area contributed by atoms with Gasteiger partial charge >= 0.3 is 0 Å². The minimum absolute atomic E-state index is 0.0730. The molecule has 0 spiro atoms. The minimum atomic E-state index is 0.0730. The zero-order valence-corrected chi connectivity index (χ0v) is 15.1. The summed E-state index contributed by atoms with van der Waals surface area (Å²) in [6.07, 6.45) is 3.83. The van der Waals surface area contributed by atoms with Gasteiger partial charge in [-0.3, -0.25) is 9.69 Å². The van der Waals surface area contributed by atoms with Gasteiger partial charge in [-0.05, 0) is 23.5 Å². The van der Waals surface area contributed by atoms with Crippen molar-refractivity contribution in [1.29, 1.82) is 0 Å². The summed E-state index contributed by atoms with van der Waals surface area (Å²) in [5, 5.41) is 1.33. The van der Waals surface area contributed by atoms with E-state index in [0.29, 0.717) is 12.3 Å². The Bertz CT molecular complexity index is 690. The van der Waals surface area contributed by atoms with Gasteiger partial charge in [0.1, 0.15) is 0 Å². The van der Waals surface area contributed by atoms with Crippen LogP contribution in [0.4, 0.5) is 0 Å². The summed E-state index contributed by atoms with van der Waals surface area (Å²) in [6.45, 7) is 11.1. The third-order valence-corrected chi connectivity index (χ3v) is 4.78. The first-order chi connectivity index (χ1) is 11.4. The molecule has 0 bridgehead atoms. The average Bonchev–Trinajstić information content (AvgIpc) is 2.95. The molecule has 1 fully saturated rings. The van der Waals surface area contributed by atoms with Crippen LogP contribution in [0.5, 0.6) is 0 Å². The van der Waals surface area contributed by atoms with Gasteiger partial charge in [-0.25, -0.2) is 0 Å². The van der Waals surface area contributed by atoms with Gasteiger partial charge in [-0.2, -0.15) is 0 Å². The number of rotatable bonds is 4. The van der Waals surface area contributed by atoms with Crippen molar-refractivity contribution in [2.24, 2.45) is 5.41 Å². The lowest BCUT2D eigenvalue weighted by atomic mass is 9.91. The van der Waals surface area contributed by atoms with Crippen LogP contribution < -0.4 is 0 Å². The highest BCUT2D eigenvalue weighted by Crippen LogP contribution is 2.21. The smallest absolute Gasteiger partial charge is 0.223 e. The maximum absolute atomic E-state index is 12.3. The molecule has 1 aromatic carbocycles. The van der Waals surface area contributed by atoms with E-state index in [1.807, 2.05) is 4.90 Å². The summed E-state index contributed by atoms with van der Waals surface area (Å²) < 4.78 is 0. The number of nitrogens with zero attached hydrogens (tertiary/aromatic N) is 2. The maximum atomic E-state index is 12.3. The van der Waals surface area contributed by atoms with E-state index in [-0.39, 0.29) is 5.41 Å². The number of carbonyl (C=O) groups is 1. The van der Waals surface area contributed by atoms with E-state index < -0.39 is 0 Å². The lowest BCUT2D eigenvalue weighted by Gasteiger charge is -2.36. The molecular formula is C20H29N3O. The second-order valence-electron chi connectivity index (χ2n) is 8.07. The number of para-hydroxylation sites is 1. The van der Waals surface area contributed by atoms with Crippen molar-refractivity contribution in [1.82, 2.24) is 14.8 Å². The molecule has 130 valence electrons. The largest absolute Gasteiger partial charge is 0.361 e. The van der Waals surface area contributed by atoms with Crippen molar-refractivity contribution >= 4 is 16.8 Å². The second-order valence-corrected chi connectivity index (χ2v) is 8.07. The van der Waals surface area contributed by atoms with Gasteiger partial charge in [-0.15, -0.1) is 0 Å². The van der Waals surface area contributed by atoms with Crippen molar-refractivity contribution in [3.05, 3.63) is 36.0 Å². The van der Waals surface area contributed by atoms with Crippen LogP contribution in [-0.2, 0) is 11.2 Å². The minimum Gasteiger partial charge on any atom is -0.361 e.